The van der Waals surface area contributed by atoms with Gasteiger partial charge in [0.05, 0.1) is 17.9 Å². The Bertz CT molecular complexity index is 1360. The molecule has 0 atom stereocenters. The summed E-state index contributed by atoms with van der Waals surface area (Å²) in [5, 5.41) is 5.81. The van der Waals surface area contributed by atoms with Gasteiger partial charge in [0.1, 0.15) is 17.3 Å². The van der Waals surface area contributed by atoms with Crippen molar-refractivity contribution in [2.24, 2.45) is 0 Å². The fourth-order valence-electron chi connectivity index (χ4n) is 4.92. The van der Waals surface area contributed by atoms with Crippen molar-refractivity contribution in [3.63, 3.8) is 0 Å². The fraction of sp³-hybridized carbons (Fsp3) is 0.370. The summed E-state index contributed by atoms with van der Waals surface area (Å²) in [6.45, 7) is 4.07. The number of piperidine rings is 1. The summed E-state index contributed by atoms with van der Waals surface area (Å²) in [6, 6.07) is 10.7. The van der Waals surface area contributed by atoms with Crippen LogP contribution in [0.3, 0.4) is 0 Å². The van der Waals surface area contributed by atoms with Crippen molar-refractivity contribution in [3.05, 3.63) is 65.0 Å². The number of likely N-dealkylation sites (tertiary alicyclic amines) is 1. The zero-order valence-electron chi connectivity index (χ0n) is 20.9. The number of hydrogen-bond acceptors (Lipinski definition) is 6. The van der Waals surface area contributed by atoms with Crippen molar-refractivity contribution in [3.8, 4) is 11.3 Å². The zero-order valence-corrected chi connectivity index (χ0v) is 21.7. The van der Waals surface area contributed by atoms with Gasteiger partial charge in [0.2, 0.25) is 5.91 Å². The smallest absolute Gasteiger partial charge is 0.236 e. The van der Waals surface area contributed by atoms with Gasteiger partial charge in [-0.3, -0.25) is 9.20 Å². The Morgan fingerprint density at radius 1 is 1.17 bits per heavy atom. The summed E-state index contributed by atoms with van der Waals surface area (Å²) in [6.07, 6.45) is 4.92. The zero-order chi connectivity index (χ0) is 25.2. The van der Waals surface area contributed by atoms with Crippen LogP contribution in [0.1, 0.15) is 36.9 Å². The molecule has 4 aromatic rings. The Morgan fingerprint density at radius 2 is 1.92 bits per heavy atom. The number of pyridine rings is 1. The van der Waals surface area contributed by atoms with Gasteiger partial charge in [-0.05, 0) is 68.1 Å². The molecule has 1 aliphatic rings. The van der Waals surface area contributed by atoms with E-state index in [1.165, 1.54) is 17.7 Å². The molecule has 1 aromatic carbocycles. The Morgan fingerprint density at radius 3 is 2.61 bits per heavy atom. The minimum atomic E-state index is -0.254. The molecule has 7 nitrogen and oxygen atoms in total. The highest BCUT2D eigenvalue weighted by Gasteiger charge is 2.25. The normalized spacial score (nSPS) is 14.5. The van der Waals surface area contributed by atoms with Gasteiger partial charge in [-0.1, -0.05) is 13.0 Å². The summed E-state index contributed by atoms with van der Waals surface area (Å²) in [4.78, 5) is 26.0. The number of rotatable bonds is 7. The van der Waals surface area contributed by atoms with Crippen molar-refractivity contribution in [1.29, 1.82) is 0 Å². The van der Waals surface area contributed by atoms with Crippen LogP contribution in [0.25, 0.3) is 16.9 Å². The first-order valence-electron chi connectivity index (χ1n) is 12.4. The molecule has 0 unspecified atom stereocenters. The maximum atomic E-state index is 13.4. The van der Waals surface area contributed by atoms with E-state index in [2.05, 4.69) is 39.9 Å². The number of halogens is 1. The van der Waals surface area contributed by atoms with Crippen LogP contribution in [0.4, 0.5) is 15.3 Å². The molecule has 4 heterocycles. The number of benzene rings is 1. The van der Waals surface area contributed by atoms with Gasteiger partial charge in [0, 0.05) is 37.3 Å². The van der Waals surface area contributed by atoms with Crippen molar-refractivity contribution >= 4 is 33.8 Å². The number of aromatic nitrogens is 3. The summed E-state index contributed by atoms with van der Waals surface area (Å²) in [7, 11) is 3.83. The van der Waals surface area contributed by atoms with Crippen LogP contribution in [0.2, 0.25) is 0 Å². The predicted octanol–water partition coefficient (Wildman–Crippen LogP) is 4.85. The fourth-order valence-corrected chi connectivity index (χ4v) is 5.72. The first kappa shape index (κ1) is 24.4. The molecule has 5 rings (SSSR count). The Kier molecular flexibility index (Phi) is 7.02. The van der Waals surface area contributed by atoms with Crippen LogP contribution in [-0.2, 0) is 11.2 Å². The number of nitrogens with one attached hydrogen (secondary N) is 1. The molecule has 9 heteroatoms. The molecular formula is C27H31FN6OS. The summed E-state index contributed by atoms with van der Waals surface area (Å²) < 4.78 is 15.5. The summed E-state index contributed by atoms with van der Waals surface area (Å²) >= 11 is 1.56. The molecule has 1 amide bonds. The van der Waals surface area contributed by atoms with E-state index in [1.807, 2.05) is 17.3 Å². The Hall–Kier alpha value is -3.30. The SMILES string of the molecule is CCc1nc2ccc(C3CCN(C(=O)CNC)CC3)cn2c1N(C)c1nc(-c2ccc(F)cc2)cs1. The van der Waals surface area contributed by atoms with Crippen LogP contribution in [-0.4, -0.2) is 58.9 Å². The van der Waals surface area contributed by atoms with E-state index < -0.39 is 0 Å². The molecule has 1 N–H and O–H groups in total. The van der Waals surface area contributed by atoms with Gasteiger partial charge in [-0.15, -0.1) is 11.3 Å². The minimum Gasteiger partial charge on any atom is -0.342 e. The average Bonchev–Trinajstić information content (AvgIpc) is 3.54. The predicted molar refractivity (Wildman–Crippen MR) is 143 cm³/mol. The second-order valence-electron chi connectivity index (χ2n) is 9.19. The summed E-state index contributed by atoms with van der Waals surface area (Å²) in [5.41, 5.74) is 4.91. The van der Waals surface area contributed by atoms with Crippen LogP contribution in [0.5, 0.6) is 0 Å². The van der Waals surface area contributed by atoms with E-state index in [4.69, 9.17) is 9.97 Å². The molecule has 1 aliphatic heterocycles. The number of amides is 1. The van der Waals surface area contributed by atoms with E-state index in [1.54, 1.807) is 30.5 Å². The van der Waals surface area contributed by atoms with E-state index >= 15 is 0 Å². The molecule has 0 spiro atoms. The standard InChI is InChI=1S/C27H31FN6OS/c1-4-22-26(32(3)27-31-23(17-36-27)19-5-8-21(28)9-6-19)34-16-20(7-10-24(34)30-22)18-11-13-33(14-12-18)25(35)15-29-2/h5-10,16-18,29H,4,11-15H2,1-3H3. The van der Waals surface area contributed by atoms with Gasteiger partial charge in [-0.25, -0.2) is 14.4 Å². The highest BCUT2D eigenvalue weighted by atomic mass is 32.1. The first-order chi connectivity index (χ1) is 17.5. The number of fused-ring (bicyclic) bond motifs is 1. The third-order valence-corrected chi connectivity index (χ3v) is 7.82. The van der Waals surface area contributed by atoms with Crippen molar-refractivity contribution in [2.45, 2.75) is 32.1 Å². The minimum absolute atomic E-state index is 0.168. The molecule has 188 valence electrons. The molecule has 1 fully saturated rings. The van der Waals surface area contributed by atoms with Crippen molar-refractivity contribution in [2.75, 3.05) is 38.6 Å². The molecule has 0 aliphatic carbocycles. The maximum Gasteiger partial charge on any atom is 0.236 e. The third-order valence-electron chi connectivity index (χ3n) is 6.90. The monoisotopic (exact) mass is 506 g/mol. The van der Waals surface area contributed by atoms with E-state index in [0.29, 0.717) is 12.5 Å². The molecule has 0 saturated carbocycles. The molecular weight excluding hydrogens is 475 g/mol. The lowest BCUT2D eigenvalue weighted by molar-refractivity contribution is -0.131. The van der Waals surface area contributed by atoms with E-state index in [9.17, 15) is 9.18 Å². The number of carbonyl (C=O) groups excluding carboxylic acids is 1. The second kappa shape index (κ2) is 10.4. The Labute approximate surface area is 214 Å². The highest BCUT2D eigenvalue weighted by Crippen LogP contribution is 2.35. The van der Waals surface area contributed by atoms with Gasteiger partial charge >= 0.3 is 0 Å². The van der Waals surface area contributed by atoms with Gasteiger partial charge in [0.25, 0.3) is 0 Å². The van der Waals surface area contributed by atoms with E-state index in [-0.39, 0.29) is 11.7 Å². The number of imidazole rings is 1. The van der Waals surface area contributed by atoms with Gasteiger partial charge in [-0.2, -0.15) is 0 Å². The van der Waals surface area contributed by atoms with Crippen LogP contribution < -0.4 is 10.2 Å². The van der Waals surface area contributed by atoms with Crippen LogP contribution in [0, 0.1) is 5.82 Å². The third kappa shape index (κ3) is 4.73. The molecule has 1 saturated heterocycles. The van der Waals surface area contributed by atoms with Crippen LogP contribution in [0.15, 0.2) is 48.0 Å². The molecule has 36 heavy (non-hydrogen) atoms. The Balaban J connectivity index is 1.42. The van der Waals surface area contributed by atoms with Gasteiger partial charge < -0.3 is 15.1 Å². The highest BCUT2D eigenvalue weighted by molar-refractivity contribution is 7.14. The lowest BCUT2D eigenvalue weighted by Crippen LogP contribution is -2.41. The lowest BCUT2D eigenvalue weighted by atomic mass is 9.90. The second-order valence-corrected chi connectivity index (χ2v) is 10.0. The largest absolute Gasteiger partial charge is 0.342 e. The number of nitrogens with zero attached hydrogens (tertiary/aromatic N) is 5. The number of thiazole rings is 1. The molecule has 0 radical (unpaired) electrons. The topological polar surface area (TPSA) is 65.8 Å². The maximum absolute atomic E-state index is 13.4. The quantitative estimate of drug-likeness (QED) is 0.388. The number of anilines is 2. The number of likely N-dealkylation sites (N-methyl/N-ethyl adjacent to an activating group) is 1. The number of aryl methyl sites for hydroxylation is 1. The number of carbonyl (C=O) groups is 1. The van der Waals surface area contributed by atoms with Crippen LogP contribution >= 0.6 is 11.3 Å². The van der Waals surface area contributed by atoms with Crippen molar-refractivity contribution < 1.29 is 9.18 Å². The average molecular weight is 507 g/mol. The molecule has 3 aromatic heterocycles. The van der Waals surface area contributed by atoms with E-state index in [0.717, 1.165) is 65.9 Å². The first-order valence-corrected chi connectivity index (χ1v) is 13.2. The number of hydrogen-bond donors (Lipinski definition) is 1. The summed E-state index contributed by atoms with van der Waals surface area (Å²) in [5.74, 6) is 1.33. The lowest BCUT2D eigenvalue weighted by Gasteiger charge is -2.32. The van der Waals surface area contributed by atoms with Crippen molar-refractivity contribution in [1.82, 2.24) is 24.6 Å². The molecule has 0 bridgehead atoms. The van der Waals surface area contributed by atoms with Gasteiger partial charge in [0.15, 0.2) is 5.13 Å².